The molecule has 0 aromatic heterocycles. The van der Waals surface area contributed by atoms with Gasteiger partial charge in [0.25, 0.3) is 0 Å². The minimum absolute atomic E-state index is 0.0256. The Kier molecular flexibility index (Phi) is 6.60. The molecule has 3 rings (SSSR count). The minimum atomic E-state index is -0.292. The Morgan fingerprint density at radius 2 is 1.82 bits per heavy atom. The summed E-state index contributed by atoms with van der Waals surface area (Å²) in [6.07, 6.45) is 0.670. The van der Waals surface area contributed by atoms with Crippen molar-refractivity contribution >= 4 is 11.7 Å². The number of hydrogen-bond acceptors (Lipinski definition) is 4. The van der Waals surface area contributed by atoms with Crippen LogP contribution in [0.5, 0.6) is 0 Å². The number of hydrogen-bond donors (Lipinski definition) is 1. The molecular weight excluding hydrogens is 352 g/mol. The van der Waals surface area contributed by atoms with Gasteiger partial charge in [-0.25, -0.2) is 0 Å². The van der Waals surface area contributed by atoms with E-state index < -0.39 is 0 Å². The van der Waals surface area contributed by atoms with Crippen LogP contribution >= 0.6 is 0 Å². The van der Waals surface area contributed by atoms with Gasteiger partial charge >= 0.3 is 0 Å². The molecule has 5 heteroatoms. The van der Waals surface area contributed by atoms with Gasteiger partial charge in [-0.1, -0.05) is 54.6 Å². The highest BCUT2D eigenvalue weighted by Gasteiger charge is 2.28. The molecule has 1 aliphatic rings. The molecular formula is C23H28N2O3. The van der Waals surface area contributed by atoms with E-state index in [0.29, 0.717) is 18.7 Å². The van der Waals surface area contributed by atoms with Crippen molar-refractivity contribution in [2.24, 2.45) is 0 Å². The van der Waals surface area contributed by atoms with Crippen LogP contribution in [-0.4, -0.2) is 59.4 Å². The quantitative estimate of drug-likeness (QED) is 0.751. The highest BCUT2D eigenvalue weighted by Crippen LogP contribution is 2.24. The maximum Gasteiger partial charge on any atom is 0.227 e. The first-order chi connectivity index (χ1) is 13.5. The minimum Gasteiger partial charge on any atom is -0.392 e. The zero-order valence-electron chi connectivity index (χ0n) is 16.5. The zero-order chi connectivity index (χ0) is 20.1. The lowest BCUT2D eigenvalue weighted by molar-refractivity contribution is -0.131. The fourth-order valence-corrected chi connectivity index (χ4v) is 3.83. The highest BCUT2D eigenvalue weighted by molar-refractivity contribution is 5.96. The number of ketones is 1. The first kappa shape index (κ1) is 20.2. The fraction of sp³-hybridized carbons (Fsp3) is 0.391. The maximum atomic E-state index is 13.1. The van der Waals surface area contributed by atoms with E-state index in [-0.39, 0.29) is 30.3 Å². The van der Waals surface area contributed by atoms with Crippen molar-refractivity contribution in [3.63, 3.8) is 0 Å². The van der Waals surface area contributed by atoms with E-state index in [1.165, 1.54) is 6.92 Å². The Balaban J connectivity index is 1.79. The Labute approximate surface area is 166 Å². The number of rotatable bonds is 7. The number of benzene rings is 2. The summed E-state index contributed by atoms with van der Waals surface area (Å²) in [5.41, 5.74) is 2.43. The molecule has 0 radical (unpaired) electrons. The third kappa shape index (κ3) is 4.86. The average molecular weight is 380 g/mol. The third-order valence-corrected chi connectivity index (χ3v) is 5.46. The van der Waals surface area contributed by atoms with Crippen molar-refractivity contribution in [2.45, 2.75) is 31.9 Å². The summed E-state index contributed by atoms with van der Waals surface area (Å²) in [4.78, 5) is 28.9. The first-order valence-corrected chi connectivity index (χ1v) is 9.75. The van der Waals surface area contributed by atoms with Gasteiger partial charge in [-0.2, -0.15) is 0 Å². The molecule has 2 aromatic rings. The molecule has 0 bridgehead atoms. The monoisotopic (exact) mass is 380 g/mol. The molecule has 0 aliphatic carbocycles. The molecule has 1 heterocycles. The highest BCUT2D eigenvalue weighted by atomic mass is 16.3. The van der Waals surface area contributed by atoms with Gasteiger partial charge in [-0.3, -0.25) is 14.5 Å². The smallest absolute Gasteiger partial charge is 0.227 e. The van der Waals surface area contributed by atoms with Gasteiger partial charge in [0.15, 0.2) is 5.78 Å². The summed E-state index contributed by atoms with van der Waals surface area (Å²) in [7, 11) is 1.82. The van der Waals surface area contributed by atoms with Crippen molar-refractivity contribution < 1.29 is 14.7 Å². The van der Waals surface area contributed by atoms with Crippen LogP contribution in [0, 0.1) is 0 Å². The molecule has 0 spiro atoms. The number of Topliss-reactive ketones (excluding diaryl/α,β-unsaturated/α-hetero) is 1. The van der Waals surface area contributed by atoms with Crippen LogP contribution in [0.15, 0.2) is 54.6 Å². The molecule has 1 N–H and O–H groups in total. The number of amides is 1. The second kappa shape index (κ2) is 9.13. The summed E-state index contributed by atoms with van der Waals surface area (Å²) in [5, 5.41) is 9.85. The van der Waals surface area contributed by atoms with E-state index in [4.69, 9.17) is 0 Å². The standard InChI is InChI=1S/C23H28N2O3/c1-17(26)21-11-7-6-10-19(21)14-23(28)24(2)22(18-8-4-3-5-9-18)16-25-13-12-20(27)15-25/h3-11,20,22,27H,12-16H2,1-2H3. The van der Waals surface area contributed by atoms with Crippen LogP contribution in [0.4, 0.5) is 0 Å². The van der Waals surface area contributed by atoms with Gasteiger partial charge in [0.2, 0.25) is 5.91 Å². The molecule has 2 unspecified atom stereocenters. The second-order valence-corrected chi connectivity index (χ2v) is 7.52. The lowest BCUT2D eigenvalue weighted by Crippen LogP contribution is -2.39. The summed E-state index contributed by atoms with van der Waals surface area (Å²) in [6, 6.07) is 17.2. The number of aliphatic hydroxyl groups excluding tert-OH is 1. The van der Waals surface area contributed by atoms with Crippen LogP contribution in [-0.2, 0) is 11.2 Å². The van der Waals surface area contributed by atoms with Crippen LogP contribution in [0.1, 0.15) is 40.9 Å². The number of carbonyl (C=O) groups is 2. The lowest BCUT2D eigenvalue weighted by atomic mass is 10.00. The zero-order valence-corrected chi connectivity index (χ0v) is 16.5. The average Bonchev–Trinajstić information content (AvgIpc) is 3.11. The van der Waals surface area contributed by atoms with Gasteiger partial charge in [0, 0.05) is 32.2 Å². The number of nitrogens with zero attached hydrogens (tertiary/aromatic N) is 2. The molecule has 28 heavy (non-hydrogen) atoms. The van der Waals surface area contributed by atoms with Crippen LogP contribution < -0.4 is 0 Å². The summed E-state index contributed by atoms with van der Waals surface area (Å²) >= 11 is 0. The molecule has 0 saturated carbocycles. The Morgan fingerprint density at radius 1 is 1.14 bits per heavy atom. The Bertz CT molecular complexity index is 822. The fourth-order valence-electron chi connectivity index (χ4n) is 3.83. The van der Waals surface area contributed by atoms with Crippen LogP contribution in [0.2, 0.25) is 0 Å². The topological polar surface area (TPSA) is 60.9 Å². The van der Waals surface area contributed by atoms with Gasteiger partial charge in [0.05, 0.1) is 18.6 Å². The van der Waals surface area contributed by atoms with E-state index in [0.717, 1.165) is 24.1 Å². The van der Waals surface area contributed by atoms with E-state index in [2.05, 4.69) is 4.90 Å². The van der Waals surface area contributed by atoms with Crippen molar-refractivity contribution in [1.82, 2.24) is 9.80 Å². The van der Waals surface area contributed by atoms with E-state index in [1.54, 1.807) is 11.0 Å². The molecule has 1 fully saturated rings. The number of aliphatic hydroxyl groups is 1. The van der Waals surface area contributed by atoms with Gasteiger partial charge in [0.1, 0.15) is 0 Å². The second-order valence-electron chi connectivity index (χ2n) is 7.52. The maximum absolute atomic E-state index is 13.1. The van der Waals surface area contributed by atoms with Gasteiger partial charge < -0.3 is 10.0 Å². The molecule has 1 amide bonds. The normalized spacial score (nSPS) is 18.0. The largest absolute Gasteiger partial charge is 0.392 e. The lowest BCUT2D eigenvalue weighted by Gasteiger charge is -2.32. The van der Waals surface area contributed by atoms with Crippen molar-refractivity contribution in [2.75, 3.05) is 26.7 Å². The molecule has 1 saturated heterocycles. The van der Waals surface area contributed by atoms with E-state index >= 15 is 0 Å². The third-order valence-electron chi connectivity index (χ3n) is 5.46. The first-order valence-electron chi connectivity index (χ1n) is 9.75. The van der Waals surface area contributed by atoms with Crippen LogP contribution in [0.25, 0.3) is 0 Å². The molecule has 1 aliphatic heterocycles. The predicted molar refractivity (Wildman–Crippen MR) is 109 cm³/mol. The molecule has 5 nitrogen and oxygen atoms in total. The number of likely N-dealkylation sites (N-methyl/N-ethyl adjacent to an activating group) is 1. The van der Waals surface area contributed by atoms with E-state index in [9.17, 15) is 14.7 Å². The van der Waals surface area contributed by atoms with Gasteiger partial charge in [-0.15, -0.1) is 0 Å². The summed E-state index contributed by atoms with van der Waals surface area (Å²) in [6.45, 7) is 3.67. The molecule has 2 atom stereocenters. The Morgan fingerprint density at radius 3 is 2.46 bits per heavy atom. The summed E-state index contributed by atoms with van der Waals surface area (Å²) in [5.74, 6) is -0.0565. The van der Waals surface area contributed by atoms with Crippen molar-refractivity contribution in [3.05, 3.63) is 71.3 Å². The van der Waals surface area contributed by atoms with Crippen molar-refractivity contribution in [3.8, 4) is 0 Å². The van der Waals surface area contributed by atoms with Crippen LogP contribution in [0.3, 0.4) is 0 Å². The van der Waals surface area contributed by atoms with Crippen molar-refractivity contribution in [1.29, 1.82) is 0 Å². The SMILES string of the molecule is CC(=O)c1ccccc1CC(=O)N(C)C(CN1CCC(O)C1)c1ccccc1. The van der Waals surface area contributed by atoms with Gasteiger partial charge in [-0.05, 0) is 24.5 Å². The number of carbonyl (C=O) groups excluding carboxylic acids is 2. The Hall–Kier alpha value is -2.50. The number of likely N-dealkylation sites (tertiary alicyclic amines) is 1. The number of β-amino-alcohol motifs (C(OH)–C–C–N with tert-alkyl or cyclic N) is 1. The summed E-state index contributed by atoms with van der Waals surface area (Å²) < 4.78 is 0. The van der Waals surface area contributed by atoms with E-state index in [1.807, 2.05) is 55.6 Å². The molecule has 148 valence electrons. The predicted octanol–water partition coefficient (Wildman–Crippen LogP) is 2.70. The molecule has 2 aromatic carbocycles.